The highest BCUT2D eigenvalue weighted by Gasteiger charge is 2.46. The number of carbonyl (C=O) groups is 1. The summed E-state index contributed by atoms with van der Waals surface area (Å²) in [5.41, 5.74) is -0.818. The van der Waals surface area contributed by atoms with Gasteiger partial charge in [-0.25, -0.2) is 18.7 Å². The van der Waals surface area contributed by atoms with Gasteiger partial charge in [-0.15, -0.1) is 0 Å². The Balaban J connectivity index is 1.27. The third-order valence-corrected chi connectivity index (χ3v) is 5.99. The Kier molecular flexibility index (Phi) is 6.66. The van der Waals surface area contributed by atoms with Gasteiger partial charge in [-0.3, -0.25) is 0 Å². The summed E-state index contributed by atoms with van der Waals surface area (Å²) < 4.78 is 44.8. The molecule has 3 aromatic rings. The normalized spacial score (nSPS) is 21.2. The van der Waals surface area contributed by atoms with Crippen molar-refractivity contribution in [3.05, 3.63) is 42.2 Å². The van der Waals surface area contributed by atoms with Gasteiger partial charge < -0.3 is 19.0 Å². The molecule has 1 aliphatic rings. The number of carbonyl (C=O) groups excluding carboxylic acids is 1. The lowest BCUT2D eigenvalue weighted by Gasteiger charge is -2.40. The van der Waals surface area contributed by atoms with Crippen molar-refractivity contribution in [2.24, 2.45) is 5.92 Å². The minimum Gasteiger partial charge on any atom is -0.474 e. The molecule has 0 spiro atoms. The van der Waals surface area contributed by atoms with E-state index in [4.69, 9.17) is 14.2 Å². The Morgan fingerprint density at radius 3 is 2.69 bits per heavy atom. The number of benzene rings is 1. The zero-order valence-corrected chi connectivity index (χ0v) is 18.7. The van der Waals surface area contributed by atoms with E-state index in [1.807, 2.05) is 6.92 Å². The third kappa shape index (κ3) is 5.77. The van der Waals surface area contributed by atoms with E-state index in [0.29, 0.717) is 40.2 Å². The highest BCUT2D eigenvalue weighted by atomic mass is 32.1. The maximum Gasteiger partial charge on any atom is 0.281 e. The summed E-state index contributed by atoms with van der Waals surface area (Å²) in [6.07, 6.45) is 0.844. The van der Waals surface area contributed by atoms with Gasteiger partial charge in [0, 0.05) is 31.9 Å². The predicted octanol–water partition coefficient (Wildman–Crippen LogP) is 5.50. The lowest BCUT2D eigenvalue weighted by Crippen LogP contribution is -2.49. The van der Waals surface area contributed by atoms with Crippen LogP contribution in [0.2, 0.25) is 0 Å². The van der Waals surface area contributed by atoms with Gasteiger partial charge in [0.25, 0.3) is 5.19 Å². The van der Waals surface area contributed by atoms with E-state index in [1.54, 1.807) is 19.1 Å². The van der Waals surface area contributed by atoms with E-state index in [-0.39, 0.29) is 43.1 Å². The first kappa shape index (κ1) is 22.5. The topological polar surface area (TPSA) is 70.5 Å². The molecule has 0 amide bonds. The SMILES string of the molecule is CC(=O)C[C@@H](C)COC1CC(F)(COc2ccc3nc(Oc4ccc(F)cc4)sc3n2)C1. The van der Waals surface area contributed by atoms with E-state index < -0.39 is 5.67 Å². The fourth-order valence-corrected chi connectivity index (χ4v) is 4.35. The largest absolute Gasteiger partial charge is 0.474 e. The van der Waals surface area contributed by atoms with E-state index in [1.165, 1.54) is 35.6 Å². The van der Waals surface area contributed by atoms with E-state index in [9.17, 15) is 13.6 Å². The van der Waals surface area contributed by atoms with Crippen LogP contribution >= 0.6 is 11.3 Å². The van der Waals surface area contributed by atoms with Crippen LogP contribution in [0.3, 0.4) is 0 Å². The monoisotopic (exact) mass is 462 g/mol. The van der Waals surface area contributed by atoms with Crippen molar-refractivity contribution >= 4 is 27.5 Å². The van der Waals surface area contributed by atoms with Crippen molar-refractivity contribution < 1.29 is 27.8 Å². The van der Waals surface area contributed by atoms with Gasteiger partial charge in [0.1, 0.15) is 35.1 Å². The van der Waals surface area contributed by atoms with Crippen molar-refractivity contribution in [3.63, 3.8) is 0 Å². The molecule has 170 valence electrons. The van der Waals surface area contributed by atoms with Crippen molar-refractivity contribution in [1.29, 1.82) is 0 Å². The molecule has 1 fully saturated rings. The lowest BCUT2D eigenvalue weighted by atomic mass is 9.79. The predicted molar refractivity (Wildman–Crippen MR) is 117 cm³/mol. The van der Waals surface area contributed by atoms with Crippen LogP contribution in [0.1, 0.15) is 33.1 Å². The third-order valence-electron chi connectivity index (χ3n) is 5.15. The van der Waals surface area contributed by atoms with Gasteiger partial charge in [-0.1, -0.05) is 18.3 Å². The second-order valence-electron chi connectivity index (χ2n) is 8.32. The molecule has 2 aromatic heterocycles. The number of pyridine rings is 1. The molecule has 1 atom stereocenters. The van der Waals surface area contributed by atoms with Crippen molar-refractivity contribution in [2.45, 2.75) is 44.9 Å². The van der Waals surface area contributed by atoms with Crippen molar-refractivity contribution in [3.8, 4) is 16.8 Å². The molecule has 0 radical (unpaired) electrons. The molecule has 32 heavy (non-hydrogen) atoms. The quantitative estimate of drug-likeness (QED) is 0.396. The average Bonchev–Trinajstić information content (AvgIpc) is 3.12. The number of ether oxygens (including phenoxy) is 3. The lowest BCUT2D eigenvalue weighted by molar-refractivity contribution is -0.125. The Labute approximate surface area is 188 Å². The number of aromatic nitrogens is 2. The van der Waals surface area contributed by atoms with E-state index in [0.717, 1.165) is 0 Å². The van der Waals surface area contributed by atoms with Crippen LogP contribution in [0.4, 0.5) is 8.78 Å². The molecule has 1 aromatic carbocycles. The van der Waals surface area contributed by atoms with Gasteiger partial charge in [-0.2, -0.15) is 0 Å². The number of hydrogen-bond donors (Lipinski definition) is 0. The smallest absolute Gasteiger partial charge is 0.281 e. The number of Topliss-reactive ketones (excluding diaryl/α,β-unsaturated/α-hetero) is 1. The van der Waals surface area contributed by atoms with Crippen molar-refractivity contribution in [1.82, 2.24) is 9.97 Å². The number of fused-ring (bicyclic) bond motifs is 1. The molecular weight excluding hydrogens is 438 g/mol. The summed E-state index contributed by atoms with van der Waals surface area (Å²) >= 11 is 1.22. The Morgan fingerprint density at radius 1 is 1.22 bits per heavy atom. The summed E-state index contributed by atoms with van der Waals surface area (Å²) in [4.78, 5) is 20.4. The minimum atomic E-state index is -1.45. The standard InChI is InChI=1S/C23H24F2N2O4S/c1-14(9-15(2)28)12-29-18-10-23(25,11-18)13-30-20-8-7-19-21(27-20)32-22(26-19)31-17-5-3-16(24)4-6-17/h3-8,14,18H,9-13H2,1-2H3/t14-,18?,23?/m1/s1. The molecule has 0 saturated heterocycles. The van der Waals surface area contributed by atoms with E-state index in [2.05, 4.69) is 9.97 Å². The van der Waals surface area contributed by atoms with Crippen LogP contribution < -0.4 is 9.47 Å². The molecule has 0 N–H and O–H groups in total. The number of ketones is 1. The second kappa shape index (κ2) is 9.46. The van der Waals surface area contributed by atoms with Crippen LogP contribution in [0, 0.1) is 11.7 Å². The second-order valence-corrected chi connectivity index (χ2v) is 9.26. The van der Waals surface area contributed by atoms with Crippen LogP contribution in [0.25, 0.3) is 10.3 Å². The van der Waals surface area contributed by atoms with Gasteiger partial charge in [0.05, 0.1) is 6.10 Å². The highest BCUT2D eigenvalue weighted by molar-refractivity contribution is 7.19. The number of hydrogen-bond acceptors (Lipinski definition) is 7. The van der Waals surface area contributed by atoms with Crippen LogP contribution in [0.15, 0.2) is 36.4 Å². The van der Waals surface area contributed by atoms with Crippen LogP contribution in [0.5, 0.6) is 16.8 Å². The molecule has 0 bridgehead atoms. The van der Waals surface area contributed by atoms with Crippen LogP contribution in [-0.2, 0) is 9.53 Å². The molecule has 2 heterocycles. The summed E-state index contributed by atoms with van der Waals surface area (Å²) in [5, 5.41) is 0.371. The summed E-state index contributed by atoms with van der Waals surface area (Å²) in [6, 6.07) is 9.03. The molecule has 1 saturated carbocycles. The zero-order valence-electron chi connectivity index (χ0n) is 17.8. The maximum absolute atomic E-state index is 14.8. The first-order valence-electron chi connectivity index (χ1n) is 10.4. The molecule has 6 nitrogen and oxygen atoms in total. The number of halogens is 2. The number of thiazole rings is 1. The fraction of sp³-hybridized carbons (Fsp3) is 0.435. The van der Waals surface area contributed by atoms with Gasteiger partial charge in [0.2, 0.25) is 5.88 Å². The average molecular weight is 463 g/mol. The first-order valence-corrected chi connectivity index (χ1v) is 11.2. The van der Waals surface area contributed by atoms with Crippen LogP contribution in [-0.4, -0.2) is 40.7 Å². The number of rotatable bonds is 10. The zero-order chi connectivity index (χ0) is 22.7. The summed E-state index contributed by atoms with van der Waals surface area (Å²) in [6.45, 7) is 3.85. The number of alkyl halides is 1. The Bertz CT molecular complexity index is 1080. The molecule has 4 rings (SSSR count). The molecule has 9 heteroatoms. The molecule has 0 aliphatic heterocycles. The van der Waals surface area contributed by atoms with Gasteiger partial charge in [-0.05, 0) is 43.2 Å². The van der Waals surface area contributed by atoms with Crippen molar-refractivity contribution in [2.75, 3.05) is 13.2 Å². The number of nitrogens with zero attached hydrogens (tertiary/aromatic N) is 2. The fourth-order valence-electron chi connectivity index (χ4n) is 3.55. The van der Waals surface area contributed by atoms with E-state index >= 15 is 0 Å². The maximum atomic E-state index is 14.8. The molecular formula is C23H24F2N2O4S. The van der Waals surface area contributed by atoms with Gasteiger partial charge in [0.15, 0.2) is 4.83 Å². The Hall–Kier alpha value is -2.65. The molecule has 0 unspecified atom stereocenters. The first-order chi connectivity index (χ1) is 15.3. The van der Waals surface area contributed by atoms with Gasteiger partial charge >= 0.3 is 0 Å². The Morgan fingerprint density at radius 2 is 1.97 bits per heavy atom. The summed E-state index contributed by atoms with van der Waals surface area (Å²) in [7, 11) is 0. The minimum absolute atomic E-state index is 0.105. The summed E-state index contributed by atoms with van der Waals surface area (Å²) in [5.74, 6) is 0.695. The highest BCUT2D eigenvalue weighted by Crippen LogP contribution is 2.39. The molecule has 1 aliphatic carbocycles.